The first-order valence-electron chi connectivity index (χ1n) is 16.4. The molecule has 48 heavy (non-hydrogen) atoms. The lowest BCUT2D eigenvalue weighted by atomic mass is 10.1. The average Bonchev–Trinajstić information content (AvgIpc) is 3.65. The van der Waals surface area contributed by atoms with Gasteiger partial charge in [-0.15, -0.1) is 0 Å². The zero-order valence-corrected chi connectivity index (χ0v) is 28.6. The minimum absolute atomic E-state index is 0.129. The number of likely N-dealkylation sites (N-methyl/N-ethyl adjacent to an activating group) is 1. The van der Waals surface area contributed by atoms with Crippen LogP contribution in [0.5, 0.6) is 0 Å². The lowest BCUT2D eigenvalue weighted by Crippen LogP contribution is -2.51. The number of aliphatic hydroxyl groups is 1. The number of aliphatic hydroxyl groups excluding tert-OH is 1. The fraction of sp³-hybridized carbons (Fsp3) is 0.400. The van der Waals surface area contributed by atoms with Gasteiger partial charge in [0, 0.05) is 88.1 Å². The zero-order chi connectivity index (χ0) is 33.6. The molecular formula is C35H41Cl2N9O2. The fourth-order valence-electron chi connectivity index (χ4n) is 6.41. The minimum Gasteiger partial charge on any atom is -0.374 e. The van der Waals surface area contributed by atoms with Crippen molar-refractivity contribution in [2.24, 2.45) is 4.99 Å². The number of rotatable bonds is 7. The van der Waals surface area contributed by atoms with Gasteiger partial charge in [0.15, 0.2) is 6.19 Å². The molecule has 3 aromatic carbocycles. The molecular weight excluding hydrogens is 649 g/mol. The van der Waals surface area contributed by atoms with Crippen LogP contribution in [-0.2, 0) is 0 Å². The Balaban J connectivity index is 1.06. The summed E-state index contributed by atoms with van der Waals surface area (Å²) < 4.78 is 0. The van der Waals surface area contributed by atoms with Crippen molar-refractivity contribution in [3.63, 3.8) is 0 Å². The molecule has 11 nitrogen and oxygen atoms in total. The highest BCUT2D eigenvalue weighted by Crippen LogP contribution is 2.37. The predicted molar refractivity (Wildman–Crippen MR) is 192 cm³/mol. The van der Waals surface area contributed by atoms with Crippen molar-refractivity contribution < 1.29 is 9.90 Å². The first kappa shape index (κ1) is 33.8. The molecule has 6 rings (SSSR count). The maximum atomic E-state index is 13.0. The Morgan fingerprint density at radius 3 is 2.15 bits per heavy atom. The van der Waals surface area contributed by atoms with E-state index in [1.54, 1.807) is 12.1 Å². The topological polar surface area (TPSA) is 114 Å². The van der Waals surface area contributed by atoms with Crippen LogP contribution in [0.1, 0.15) is 35.0 Å². The van der Waals surface area contributed by atoms with E-state index >= 15 is 0 Å². The van der Waals surface area contributed by atoms with Crippen molar-refractivity contribution in [2.45, 2.75) is 19.1 Å². The Morgan fingerprint density at radius 2 is 1.50 bits per heavy atom. The van der Waals surface area contributed by atoms with Gasteiger partial charge in [-0.1, -0.05) is 29.3 Å². The molecule has 0 aromatic heterocycles. The number of nitriles is 1. The predicted octanol–water partition coefficient (Wildman–Crippen LogP) is 4.96. The smallest absolute Gasteiger partial charge is 0.255 e. The van der Waals surface area contributed by atoms with Gasteiger partial charge in [-0.2, -0.15) is 5.26 Å². The summed E-state index contributed by atoms with van der Waals surface area (Å²) in [4.78, 5) is 28.4. The minimum atomic E-state index is -0.821. The number of anilines is 3. The van der Waals surface area contributed by atoms with Gasteiger partial charge in [0.05, 0.1) is 10.0 Å². The second kappa shape index (κ2) is 15.4. The molecule has 3 heterocycles. The van der Waals surface area contributed by atoms with Crippen LogP contribution in [0.3, 0.4) is 0 Å². The number of guanidine groups is 1. The molecule has 3 aliphatic rings. The van der Waals surface area contributed by atoms with Crippen molar-refractivity contribution >= 4 is 57.8 Å². The summed E-state index contributed by atoms with van der Waals surface area (Å²) in [6.07, 6.45) is 3.54. The zero-order valence-electron chi connectivity index (χ0n) is 27.1. The van der Waals surface area contributed by atoms with Crippen LogP contribution in [-0.4, -0.2) is 104 Å². The highest BCUT2D eigenvalue weighted by molar-refractivity contribution is 6.39. The van der Waals surface area contributed by atoms with Crippen LogP contribution in [0.15, 0.2) is 65.7 Å². The fourth-order valence-corrected chi connectivity index (χ4v) is 6.99. The van der Waals surface area contributed by atoms with E-state index in [1.807, 2.05) is 58.5 Å². The molecule has 3 fully saturated rings. The van der Waals surface area contributed by atoms with Gasteiger partial charge in [0.1, 0.15) is 11.9 Å². The summed E-state index contributed by atoms with van der Waals surface area (Å²) in [6.45, 7) is 7.88. The summed E-state index contributed by atoms with van der Waals surface area (Å²) >= 11 is 13.3. The normalized spacial score (nSPS) is 18.5. The van der Waals surface area contributed by atoms with E-state index in [4.69, 9.17) is 23.2 Å². The van der Waals surface area contributed by atoms with Crippen LogP contribution in [0, 0.1) is 11.5 Å². The maximum absolute atomic E-state index is 13.0. The monoisotopic (exact) mass is 689 g/mol. The largest absolute Gasteiger partial charge is 0.374 e. The van der Waals surface area contributed by atoms with Crippen molar-refractivity contribution in [1.29, 1.82) is 5.26 Å². The second-order valence-electron chi connectivity index (χ2n) is 12.4. The van der Waals surface area contributed by atoms with E-state index in [-0.39, 0.29) is 5.91 Å². The first-order valence-corrected chi connectivity index (χ1v) is 17.1. The van der Waals surface area contributed by atoms with Crippen LogP contribution < -0.4 is 20.4 Å². The van der Waals surface area contributed by atoms with Crippen molar-refractivity contribution in [3.8, 4) is 6.19 Å². The van der Waals surface area contributed by atoms with Gasteiger partial charge in [0.25, 0.3) is 5.91 Å². The quantitative estimate of drug-likeness (QED) is 0.137. The third-order valence-electron chi connectivity index (χ3n) is 9.26. The highest BCUT2D eigenvalue weighted by atomic mass is 35.5. The molecule has 1 unspecified atom stereocenters. The average molecular weight is 691 g/mol. The molecule has 13 heteroatoms. The van der Waals surface area contributed by atoms with Crippen LogP contribution >= 0.6 is 23.2 Å². The summed E-state index contributed by atoms with van der Waals surface area (Å²) in [6, 6.07) is 19.0. The van der Waals surface area contributed by atoms with E-state index in [2.05, 4.69) is 43.4 Å². The number of nitrogens with zero attached hydrogens (tertiary/aromatic N) is 7. The lowest BCUT2D eigenvalue weighted by molar-refractivity contribution is -0.0232. The third-order valence-corrected chi connectivity index (χ3v) is 9.83. The summed E-state index contributed by atoms with van der Waals surface area (Å²) in [5.74, 6) is 0.232. The molecule has 3 N–H and O–H groups in total. The molecule has 0 bridgehead atoms. The number of carbonyl (C=O) groups is 1. The Morgan fingerprint density at radius 1 is 0.854 bits per heavy atom. The molecule has 0 radical (unpaired) electrons. The first-order chi connectivity index (χ1) is 23.3. The number of carbonyl (C=O) groups excluding carboxylic acids is 1. The number of piperazine rings is 2. The molecule has 1 amide bonds. The standard InChI is InChI=1S/C35H41Cl2N9O2/c1-42-13-15-45(16-14-42)34(48)26-22-30(36)32(31(37)23-26)41-35(39-24-38)46-19-17-44(18-20-46)28-9-7-27(8-10-28)40-33(47)25-5-4-6-29(21-25)43-11-2-3-12-43/h4-10,21-23,34,48H,2-3,11-20H2,1H3,(H,39,41)(H,40,47). The van der Waals surface area contributed by atoms with Gasteiger partial charge in [-0.25, -0.2) is 4.99 Å². The van der Waals surface area contributed by atoms with E-state index in [0.29, 0.717) is 59.0 Å². The number of aliphatic imine (C=N–C) groups is 1. The molecule has 0 saturated carbocycles. The number of amides is 1. The van der Waals surface area contributed by atoms with Crippen molar-refractivity contribution in [1.82, 2.24) is 20.0 Å². The van der Waals surface area contributed by atoms with Gasteiger partial charge < -0.3 is 30.0 Å². The number of nitrogens with one attached hydrogen (secondary N) is 2. The Labute approximate surface area is 291 Å². The Bertz CT molecular complexity index is 1630. The molecule has 0 spiro atoms. The third kappa shape index (κ3) is 7.97. The molecule has 252 valence electrons. The Hall–Kier alpha value is -4.05. The van der Waals surface area contributed by atoms with E-state index in [9.17, 15) is 15.2 Å². The molecule has 1 atom stereocenters. The van der Waals surface area contributed by atoms with Crippen LogP contribution in [0.2, 0.25) is 10.0 Å². The van der Waals surface area contributed by atoms with Gasteiger partial charge in [-0.05, 0) is 80.1 Å². The summed E-state index contributed by atoms with van der Waals surface area (Å²) in [5, 5.41) is 26.8. The number of halogens is 2. The van der Waals surface area contributed by atoms with Gasteiger partial charge >= 0.3 is 0 Å². The van der Waals surface area contributed by atoms with E-state index in [1.165, 1.54) is 12.8 Å². The molecule has 3 aliphatic heterocycles. The van der Waals surface area contributed by atoms with Gasteiger partial charge in [-0.3, -0.25) is 15.0 Å². The van der Waals surface area contributed by atoms with Crippen molar-refractivity contribution in [3.05, 3.63) is 81.8 Å². The molecule has 3 aromatic rings. The summed E-state index contributed by atoms with van der Waals surface area (Å²) in [7, 11) is 2.06. The van der Waals surface area contributed by atoms with E-state index < -0.39 is 6.23 Å². The number of hydrogen-bond donors (Lipinski definition) is 3. The second-order valence-corrected chi connectivity index (χ2v) is 13.3. The maximum Gasteiger partial charge on any atom is 0.255 e. The highest BCUT2D eigenvalue weighted by Gasteiger charge is 2.25. The summed E-state index contributed by atoms with van der Waals surface area (Å²) in [5.41, 5.74) is 4.45. The number of hydrogen-bond acceptors (Lipinski definition) is 8. The molecule has 3 saturated heterocycles. The van der Waals surface area contributed by atoms with E-state index in [0.717, 1.165) is 56.3 Å². The van der Waals surface area contributed by atoms with Crippen LogP contribution in [0.25, 0.3) is 0 Å². The number of benzene rings is 3. The Kier molecular flexibility index (Phi) is 10.9. The van der Waals surface area contributed by atoms with Gasteiger partial charge in [0.2, 0.25) is 5.96 Å². The van der Waals surface area contributed by atoms with Crippen molar-refractivity contribution in [2.75, 3.05) is 87.6 Å². The van der Waals surface area contributed by atoms with Crippen LogP contribution in [0.4, 0.5) is 22.7 Å². The molecule has 0 aliphatic carbocycles. The lowest BCUT2D eigenvalue weighted by Gasteiger charge is -2.37. The SMILES string of the molecule is CN1CCN(C(O)c2cc(Cl)c(N=C(NC#N)N3CCN(c4ccc(NC(=O)c5cccc(N6CCCC6)c5)cc4)CC3)c(Cl)c2)CC1.